The van der Waals surface area contributed by atoms with Crippen molar-refractivity contribution < 1.29 is 49.6 Å². The quantitative estimate of drug-likeness (QED) is 0.354. The first-order chi connectivity index (χ1) is 11.8. The molecule has 12 heteroatoms. The third-order valence-electron chi connectivity index (χ3n) is 2.27. The van der Waals surface area contributed by atoms with Crippen LogP contribution in [0.4, 0.5) is 0 Å². The summed E-state index contributed by atoms with van der Waals surface area (Å²) in [6.45, 7) is 0. The van der Waals surface area contributed by atoms with Gasteiger partial charge in [-0.3, -0.25) is 0 Å². The zero-order valence-electron chi connectivity index (χ0n) is 13.8. The molecule has 2 aromatic heterocycles. The SMILES string of the molecule is COc1cc(Br)nc(C#N)c1O.C[O-].N#Cc1nc(Br)cc(Br)c1O.[Na+]. The zero-order chi connectivity index (χ0) is 19.6. The van der Waals surface area contributed by atoms with Gasteiger partial charge in [-0.1, -0.05) is 0 Å². The van der Waals surface area contributed by atoms with Crippen LogP contribution in [-0.2, 0) is 0 Å². The van der Waals surface area contributed by atoms with Gasteiger partial charge in [-0.25, -0.2) is 9.97 Å². The molecule has 26 heavy (non-hydrogen) atoms. The molecule has 132 valence electrons. The van der Waals surface area contributed by atoms with Crippen molar-refractivity contribution in [2.24, 2.45) is 0 Å². The summed E-state index contributed by atoms with van der Waals surface area (Å²) >= 11 is 9.23. The fraction of sp³-hybridized carbons (Fsp3) is 0.143. The van der Waals surface area contributed by atoms with Gasteiger partial charge >= 0.3 is 29.6 Å². The maximum atomic E-state index is 9.28. The van der Waals surface area contributed by atoms with E-state index in [1.165, 1.54) is 13.2 Å². The molecule has 0 aliphatic carbocycles. The molecule has 2 aromatic rings. The van der Waals surface area contributed by atoms with E-state index in [1.54, 1.807) is 18.2 Å². The van der Waals surface area contributed by atoms with E-state index in [0.29, 0.717) is 13.7 Å². The minimum absolute atomic E-state index is 0. The molecule has 0 aliphatic rings. The van der Waals surface area contributed by atoms with E-state index in [1.807, 2.05) is 0 Å². The van der Waals surface area contributed by atoms with Gasteiger partial charge in [0.1, 0.15) is 21.3 Å². The third-order valence-corrected chi connectivity index (χ3v) is 3.69. The van der Waals surface area contributed by atoms with Crippen molar-refractivity contribution in [3.8, 4) is 29.4 Å². The van der Waals surface area contributed by atoms with Crippen molar-refractivity contribution >= 4 is 47.8 Å². The number of hydrogen-bond donors (Lipinski definition) is 2. The molecule has 2 rings (SSSR count). The number of hydrogen-bond acceptors (Lipinski definition) is 8. The summed E-state index contributed by atoms with van der Waals surface area (Å²) in [4.78, 5) is 7.45. The minimum Gasteiger partial charge on any atom is -0.857 e. The van der Waals surface area contributed by atoms with Crippen LogP contribution in [0.2, 0.25) is 0 Å². The molecule has 0 spiro atoms. The number of aromatic nitrogens is 2. The Labute approximate surface area is 197 Å². The standard InChI is InChI=1S/C7H5BrN2O2.C6H2Br2N2O.CH3O.Na/c1-12-5-2-6(8)10-4(3-9)7(5)11;7-3-1-5(8)10-4(2-9)6(3)11;1-2;/h2,11H,1H3;1,11H;1H3;/q;;-1;+1. The summed E-state index contributed by atoms with van der Waals surface area (Å²) < 4.78 is 6.22. The molecule has 0 saturated carbocycles. The Kier molecular flexibility index (Phi) is 14.9. The van der Waals surface area contributed by atoms with Crippen molar-refractivity contribution in [3.63, 3.8) is 0 Å². The maximum Gasteiger partial charge on any atom is 1.00 e. The van der Waals surface area contributed by atoms with Crippen LogP contribution in [-0.4, -0.2) is 34.4 Å². The molecule has 0 amide bonds. The van der Waals surface area contributed by atoms with Crippen LogP contribution in [0.25, 0.3) is 0 Å². The minimum atomic E-state index is -0.233. The van der Waals surface area contributed by atoms with E-state index in [-0.39, 0.29) is 58.2 Å². The van der Waals surface area contributed by atoms with Gasteiger partial charge in [-0.15, -0.1) is 0 Å². The number of rotatable bonds is 1. The largest absolute Gasteiger partial charge is 1.00 e. The Morgan fingerprint density at radius 3 is 1.81 bits per heavy atom. The van der Waals surface area contributed by atoms with Crippen LogP contribution in [0.5, 0.6) is 17.2 Å². The Morgan fingerprint density at radius 2 is 1.38 bits per heavy atom. The average molecular weight is 561 g/mol. The van der Waals surface area contributed by atoms with Gasteiger partial charge < -0.3 is 20.1 Å². The summed E-state index contributed by atoms with van der Waals surface area (Å²) in [6.07, 6.45) is 0. The fourth-order valence-electron chi connectivity index (χ4n) is 1.27. The molecule has 0 saturated heterocycles. The van der Waals surface area contributed by atoms with E-state index in [2.05, 4.69) is 57.8 Å². The van der Waals surface area contributed by atoms with Crippen LogP contribution in [0, 0.1) is 22.7 Å². The number of ether oxygens (including phenoxy) is 1. The predicted molar refractivity (Wildman–Crippen MR) is 96.8 cm³/mol. The van der Waals surface area contributed by atoms with Crippen LogP contribution in [0.1, 0.15) is 11.4 Å². The zero-order valence-corrected chi connectivity index (χ0v) is 20.5. The Balaban J connectivity index is 0. The molecular weight excluding hydrogens is 551 g/mol. The van der Waals surface area contributed by atoms with Gasteiger partial charge in [0, 0.05) is 6.07 Å². The van der Waals surface area contributed by atoms with Gasteiger partial charge in [0.25, 0.3) is 0 Å². The van der Waals surface area contributed by atoms with Crippen molar-refractivity contribution in [1.82, 2.24) is 9.97 Å². The van der Waals surface area contributed by atoms with Crippen LogP contribution < -0.4 is 39.4 Å². The van der Waals surface area contributed by atoms with Gasteiger partial charge in [0.2, 0.25) is 0 Å². The molecule has 0 bridgehead atoms. The van der Waals surface area contributed by atoms with E-state index in [0.717, 1.165) is 7.11 Å². The molecular formula is C14H10Br3N4NaO4. The second kappa shape index (κ2) is 14.2. The monoisotopic (exact) mass is 558 g/mol. The number of nitrogens with zero attached hydrogens (tertiary/aromatic N) is 4. The van der Waals surface area contributed by atoms with Gasteiger partial charge in [-0.2, -0.15) is 17.6 Å². The van der Waals surface area contributed by atoms with Crippen molar-refractivity contribution in [1.29, 1.82) is 10.5 Å². The van der Waals surface area contributed by atoms with Crippen molar-refractivity contribution in [2.75, 3.05) is 14.2 Å². The molecule has 0 unspecified atom stereocenters. The summed E-state index contributed by atoms with van der Waals surface area (Å²) in [6, 6.07) is 6.54. The molecule has 0 atom stereocenters. The van der Waals surface area contributed by atoms with E-state index in [9.17, 15) is 5.11 Å². The summed E-state index contributed by atoms with van der Waals surface area (Å²) in [5.74, 6) is -0.132. The Morgan fingerprint density at radius 1 is 0.962 bits per heavy atom. The van der Waals surface area contributed by atoms with Crippen LogP contribution >= 0.6 is 47.8 Å². The summed E-state index contributed by atoms with van der Waals surface area (Å²) in [5.41, 5.74) is -0.0486. The number of methoxy groups -OCH3 is 1. The number of nitriles is 2. The number of pyridine rings is 2. The van der Waals surface area contributed by atoms with Gasteiger partial charge in [-0.05, 0) is 53.9 Å². The van der Waals surface area contributed by atoms with Gasteiger partial charge in [0.15, 0.2) is 28.6 Å². The smallest absolute Gasteiger partial charge is 0.857 e. The number of halogens is 3. The molecule has 8 nitrogen and oxygen atoms in total. The topological polar surface area (TPSA) is 146 Å². The molecule has 0 aromatic carbocycles. The second-order valence-electron chi connectivity index (χ2n) is 3.69. The molecule has 0 aliphatic heterocycles. The molecule has 0 radical (unpaired) electrons. The maximum absolute atomic E-state index is 9.28. The van der Waals surface area contributed by atoms with Crippen molar-refractivity contribution in [3.05, 3.63) is 37.2 Å². The predicted octanol–water partition coefficient (Wildman–Crippen LogP) is -0.406. The normalized spacial score (nSPS) is 8.31. The van der Waals surface area contributed by atoms with E-state index < -0.39 is 0 Å². The second-order valence-corrected chi connectivity index (χ2v) is 6.17. The van der Waals surface area contributed by atoms with E-state index >= 15 is 0 Å². The first-order valence-electron chi connectivity index (χ1n) is 6.03. The van der Waals surface area contributed by atoms with Crippen LogP contribution in [0.3, 0.4) is 0 Å². The average Bonchev–Trinajstić information content (AvgIpc) is 2.61. The first-order valence-corrected chi connectivity index (χ1v) is 8.41. The third kappa shape index (κ3) is 8.18. The number of aromatic hydroxyl groups is 2. The summed E-state index contributed by atoms with van der Waals surface area (Å²) in [5, 5.41) is 43.7. The summed E-state index contributed by atoms with van der Waals surface area (Å²) in [7, 11) is 2.16. The first kappa shape index (κ1) is 27.3. The van der Waals surface area contributed by atoms with Crippen LogP contribution in [0.15, 0.2) is 25.8 Å². The molecule has 2 N–H and O–H groups in total. The Hall–Kier alpha value is -0.920. The van der Waals surface area contributed by atoms with Gasteiger partial charge in [0.05, 0.1) is 11.6 Å². The molecule has 0 fully saturated rings. The Bertz CT molecular complexity index is 825. The fourth-order valence-corrected chi connectivity index (χ4v) is 2.78. The van der Waals surface area contributed by atoms with E-state index in [4.69, 9.17) is 25.5 Å². The van der Waals surface area contributed by atoms with Crippen molar-refractivity contribution in [2.45, 2.75) is 0 Å². The molecule has 2 heterocycles.